The van der Waals surface area contributed by atoms with Crippen molar-refractivity contribution >= 4 is 58.9 Å². The molecule has 224 valence electrons. The van der Waals surface area contributed by atoms with Crippen molar-refractivity contribution in [2.45, 2.75) is 0 Å². The molecule has 0 unspecified atom stereocenters. The minimum Gasteiger partial charge on any atom is -0.325 e. The molecule has 0 radical (unpaired) electrons. The van der Waals surface area contributed by atoms with Gasteiger partial charge in [-0.2, -0.15) is 0 Å². The summed E-state index contributed by atoms with van der Waals surface area (Å²) in [7, 11) is 0. The summed E-state index contributed by atoms with van der Waals surface area (Å²) in [6.45, 7) is 6.98. The van der Waals surface area contributed by atoms with Gasteiger partial charge in [0.05, 0.1) is 0 Å². The monoisotopic (exact) mass is 610 g/mol. The molecule has 0 bridgehead atoms. The van der Waals surface area contributed by atoms with Gasteiger partial charge in [0.1, 0.15) is 0 Å². The van der Waals surface area contributed by atoms with Gasteiger partial charge in [-0.15, -0.1) is 0 Å². The van der Waals surface area contributed by atoms with Crippen LogP contribution in [0.5, 0.6) is 0 Å². The topological polar surface area (TPSA) is 177 Å². The fourth-order valence-electron chi connectivity index (χ4n) is 5.39. The van der Waals surface area contributed by atoms with Gasteiger partial charge in [0.2, 0.25) is 11.8 Å². The van der Waals surface area contributed by atoms with E-state index in [2.05, 4.69) is 43.9 Å². The predicted molar refractivity (Wildman–Crippen MR) is 168 cm³/mol. The summed E-state index contributed by atoms with van der Waals surface area (Å²) >= 11 is 0. The zero-order chi connectivity index (χ0) is 32.5. The van der Waals surface area contributed by atoms with Crippen molar-refractivity contribution < 1.29 is 28.8 Å². The molecule has 1 aromatic heterocycles. The van der Waals surface area contributed by atoms with E-state index >= 15 is 0 Å². The molecule has 0 fully saturated rings. The summed E-state index contributed by atoms with van der Waals surface area (Å²) in [5.41, 5.74) is 0.994. The van der Waals surface area contributed by atoms with Crippen molar-refractivity contribution in [3.63, 3.8) is 0 Å². The molecule has 4 aromatic rings. The lowest BCUT2D eigenvalue weighted by Gasteiger charge is -2.10. The van der Waals surface area contributed by atoms with Gasteiger partial charge in [-0.25, -0.2) is 20.0 Å². The smallest absolute Gasteiger partial charge is 0.243 e. The minimum atomic E-state index is -1.73. The molecule has 12 nitrogen and oxygen atoms in total. The first-order valence-corrected chi connectivity index (χ1v) is 13.8. The van der Waals surface area contributed by atoms with Crippen LogP contribution in [-0.4, -0.2) is 57.5 Å². The summed E-state index contributed by atoms with van der Waals surface area (Å²) in [5.74, 6) is -7.84. The molecule has 2 aliphatic rings. The number of benzene rings is 3. The normalized spacial score (nSPS) is 14.6. The highest BCUT2D eigenvalue weighted by atomic mass is 16.2. The highest BCUT2D eigenvalue weighted by Gasteiger charge is 2.49. The first-order valence-electron chi connectivity index (χ1n) is 13.8. The Morgan fingerprint density at radius 3 is 1.70 bits per heavy atom. The van der Waals surface area contributed by atoms with E-state index in [1.54, 1.807) is 60.9 Å². The Bertz CT molecular complexity index is 2010. The van der Waals surface area contributed by atoms with Crippen LogP contribution in [-0.2, 0) is 9.59 Å². The van der Waals surface area contributed by atoms with Gasteiger partial charge in [-0.3, -0.25) is 28.8 Å². The van der Waals surface area contributed by atoms with Crippen molar-refractivity contribution in [2.75, 3.05) is 10.6 Å². The van der Waals surface area contributed by atoms with Crippen LogP contribution in [0.3, 0.4) is 0 Å². The fourth-order valence-corrected chi connectivity index (χ4v) is 5.39. The van der Waals surface area contributed by atoms with Crippen molar-refractivity contribution in [2.24, 2.45) is 21.8 Å². The van der Waals surface area contributed by atoms with Crippen LogP contribution in [0.1, 0.15) is 47.0 Å². The molecule has 0 aliphatic heterocycles. The van der Waals surface area contributed by atoms with Crippen LogP contribution in [0.4, 0.5) is 11.4 Å². The molecular weight excluding hydrogens is 588 g/mol. The van der Waals surface area contributed by atoms with Crippen LogP contribution >= 0.6 is 0 Å². The number of Topliss-reactive ketones (excluding diaryl/α,β-unsaturated/α-hetero) is 4. The van der Waals surface area contributed by atoms with Crippen molar-refractivity contribution in [3.8, 4) is 11.4 Å². The number of hydrogen-bond acceptors (Lipinski definition) is 9. The summed E-state index contributed by atoms with van der Waals surface area (Å²) in [6, 6.07) is 16.9. The molecule has 3 aromatic carbocycles. The molecule has 1 heterocycles. The molecule has 2 N–H and O–H groups in total. The highest BCUT2D eigenvalue weighted by Crippen LogP contribution is 2.36. The van der Waals surface area contributed by atoms with Gasteiger partial charge in [-0.1, -0.05) is 30.8 Å². The second-order valence-corrected chi connectivity index (χ2v) is 10.3. The fraction of sp³-hybridized carbons (Fsp3) is 0.0588. The zero-order valence-electron chi connectivity index (χ0n) is 23.9. The zero-order valence-corrected chi connectivity index (χ0v) is 23.9. The number of fused-ring (bicyclic) bond motifs is 2. The molecule has 6 rings (SSSR count). The number of hydrogen-bond donors (Lipinski definition) is 2. The SMILES string of the molecule is C=CN=C(N=C)c1cccc(NC(=O)C2C(=O)c3cc4c(cc3C2=O)C(=O)C(C(=O)Nc2cccc(-c3ncccn3)c2)C4=O)c1. The van der Waals surface area contributed by atoms with Gasteiger partial charge in [0.15, 0.2) is 46.6 Å². The van der Waals surface area contributed by atoms with E-state index in [0.29, 0.717) is 22.6 Å². The van der Waals surface area contributed by atoms with Crippen LogP contribution in [0.25, 0.3) is 11.4 Å². The van der Waals surface area contributed by atoms with Gasteiger partial charge in [0.25, 0.3) is 0 Å². The Morgan fingerprint density at radius 1 is 0.696 bits per heavy atom. The number of carbonyl (C=O) groups excluding carboxylic acids is 6. The number of rotatable bonds is 7. The Labute approximate surface area is 261 Å². The molecule has 2 amide bonds. The third-order valence-electron chi connectivity index (χ3n) is 7.50. The maximum absolute atomic E-state index is 13.3. The lowest BCUT2D eigenvalue weighted by molar-refractivity contribution is -0.118. The Hall–Kier alpha value is -6.56. The molecule has 0 saturated heterocycles. The second-order valence-electron chi connectivity index (χ2n) is 10.3. The van der Waals surface area contributed by atoms with E-state index in [-0.39, 0.29) is 33.8 Å². The average Bonchev–Trinajstić information content (AvgIpc) is 3.46. The van der Waals surface area contributed by atoms with Crippen LogP contribution in [0, 0.1) is 11.8 Å². The molecular formula is C34H22N6O6. The van der Waals surface area contributed by atoms with E-state index in [4.69, 9.17) is 0 Å². The third-order valence-corrected chi connectivity index (χ3v) is 7.50. The summed E-state index contributed by atoms with van der Waals surface area (Å²) in [6.07, 6.45) is 4.42. The molecule has 0 atom stereocenters. The maximum atomic E-state index is 13.3. The Morgan fingerprint density at radius 2 is 1.20 bits per heavy atom. The summed E-state index contributed by atoms with van der Waals surface area (Å²) in [5, 5.41) is 5.14. The quantitative estimate of drug-likeness (QED) is 0.179. The van der Waals surface area contributed by atoms with E-state index in [9.17, 15) is 28.8 Å². The predicted octanol–water partition coefficient (Wildman–Crippen LogP) is 4.00. The van der Waals surface area contributed by atoms with Crippen molar-refractivity contribution in [1.82, 2.24) is 9.97 Å². The number of amidine groups is 1. The van der Waals surface area contributed by atoms with E-state index in [1.165, 1.54) is 12.3 Å². The number of ketones is 4. The lowest BCUT2D eigenvalue weighted by Crippen LogP contribution is -2.31. The molecule has 46 heavy (non-hydrogen) atoms. The summed E-state index contributed by atoms with van der Waals surface area (Å²) in [4.78, 5) is 95.8. The number of anilines is 2. The minimum absolute atomic E-state index is 0.170. The van der Waals surface area contributed by atoms with E-state index in [0.717, 1.165) is 12.1 Å². The number of amides is 2. The van der Waals surface area contributed by atoms with Crippen molar-refractivity contribution in [3.05, 3.63) is 120 Å². The first kappa shape index (κ1) is 29.5. The molecule has 12 heteroatoms. The standard InChI is InChI=1S/C34H22N6O6/c1-3-36-31(35-2)17-7-4-9-19(13-17)39-33(45)25-27(41)21-15-23-24(16-22(21)28(25)42)30(44)26(29(23)43)34(46)40-20-10-5-8-18(14-20)32-37-11-6-12-38-32/h3-16,25-26H,1-2H2,(H,39,45)(H,40,46). The number of aliphatic imine (C=N–C) groups is 2. The highest BCUT2D eigenvalue weighted by molar-refractivity contribution is 6.40. The van der Waals surface area contributed by atoms with Gasteiger partial charge in [-0.05, 0) is 49.2 Å². The van der Waals surface area contributed by atoms with Gasteiger partial charge < -0.3 is 10.6 Å². The van der Waals surface area contributed by atoms with Gasteiger partial charge >= 0.3 is 0 Å². The van der Waals surface area contributed by atoms with Gasteiger partial charge in [0, 0.05) is 63.3 Å². The third kappa shape index (κ3) is 5.13. The second kappa shape index (κ2) is 11.8. The van der Waals surface area contributed by atoms with E-state index in [1.807, 2.05) is 0 Å². The van der Waals surface area contributed by atoms with E-state index < -0.39 is 46.8 Å². The van der Waals surface area contributed by atoms with Crippen LogP contribution < -0.4 is 10.6 Å². The van der Waals surface area contributed by atoms with Crippen LogP contribution in [0.15, 0.2) is 102 Å². The molecule has 2 aliphatic carbocycles. The Balaban J connectivity index is 1.21. The summed E-state index contributed by atoms with van der Waals surface area (Å²) < 4.78 is 0. The average molecular weight is 611 g/mol. The number of nitrogens with one attached hydrogen (secondary N) is 2. The Kier molecular flexibility index (Phi) is 7.60. The van der Waals surface area contributed by atoms with Crippen LogP contribution in [0.2, 0.25) is 0 Å². The lowest BCUT2D eigenvalue weighted by atomic mass is 10.0. The number of nitrogens with zero attached hydrogens (tertiary/aromatic N) is 4. The number of aromatic nitrogens is 2. The molecule has 0 saturated carbocycles. The first-order chi connectivity index (χ1) is 22.2. The largest absolute Gasteiger partial charge is 0.325 e. The molecule has 0 spiro atoms. The van der Waals surface area contributed by atoms with Crippen molar-refractivity contribution in [1.29, 1.82) is 0 Å². The number of carbonyl (C=O) groups is 6. The maximum Gasteiger partial charge on any atom is 0.243 e.